The molecule has 0 radical (unpaired) electrons. The summed E-state index contributed by atoms with van der Waals surface area (Å²) in [5.41, 5.74) is 3.18. The van der Waals surface area contributed by atoms with Crippen molar-refractivity contribution in [2.24, 2.45) is 0 Å². The van der Waals surface area contributed by atoms with Crippen LogP contribution in [-0.2, 0) is 9.59 Å². The number of carbonyl (C=O) groups is 2. The Morgan fingerprint density at radius 1 is 1.11 bits per heavy atom. The number of hydrogen-bond donors (Lipinski definition) is 2. The third-order valence-corrected chi connectivity index (χ3v) is 5.85. The monoisotopic (exact) mass is 468 g/mol. The number of aliphatic hydroxyl groups is 1. The zero-order valence-corrected chi connectivity index (χ0v) is 19.4. The molecular formula is C27H24N4O4. The fourth-order valence-electron chi connectivity index (χ4n) is 4.20. The Morgan fingerprint density at radius 3 is 2.74 bits per heavy atom. The Balaban J connectivity index is 1.67. The highest BCUT2D eigenvalue weighted by molar-refractivity contribution is 6.51. The Kier molecular flexibility index (Phi) is 5.78. The number of hydrogen-bond acceptors (Lipinski definition) is 6. The number of nitrogens with one attached hydrogen (secondary N) is 1. The molecule has 0 saturated carbocycles. The molecule has 1 amide bonds. The van der Waals surface area contributed by atoms with Gasteiger partial charge in [0.05, 0.1) is 28.9 Å². The van der Waals surface area contributed by atoms with Crippen molar-refractivity contribution in [2.75, 3.05) is 11.5 Å². The number of pyridine rings is 1. The summed E-state index contributed by atoms with van der Waals surface area (Å²) in [5.74, 6) is -1.13. The number of H-pyrrole nitrogens is 1. The maximum Gasteiger partial charge on any atom is 0.302 e. The summed E-state index contributed by atoms with van der Waals surface area (Å²) in [6.45, 7) is 4.48. The third-order valence-electron chi connectivity index (χ3n) is 5.85. The Labute approximate surface area is 201 Å². The number of aromatic nitrogens is 3. The number of ketones is 1. The minimum Gasteiger partial charge on any atom is -0.507 e. The molecule has 2 N–H and O–H groups in total. The van der Waals surface area contributed by atoms with E-state index in [-0.39, 0.29) is 17.3 Å². The fraction of sp³-hybridized carbons (Fsp3) is 0.185. The van der Waals surface area contributed by atoms with Crippen LogP contribution in [0.1, 0.15) is 36.2 Å². The van der Waals surface area contributed by atoms with Gasteiger partial charge < -0.3 is 14.8 Å². The van der Waals surface area contributed by atoms with Crippen molar-refractivity contribution in [1.82, 2.24) is 15.0 Å². The lowest BCUT2D eigenvalue weighted by molar-refractivity contribution is -0.132. The number of nitrogens with zero attached hydrogens (tertiary/aromatic N) is 3. The van der Waals surface area contributed by atoms with E-state index in [1.807, 2.05) is 32.0 Å². The van der Waals surface area contributed by atoms with Crippen LogP contribution < -0.4 is 9.64 Å². The summed E-state index contributed by atoms with van der Waals surface area (Å²) in [7, 11) is 0. The lowest BCUT2D eigenvalue weighted by Crippen LogP contribution is -2.30. The summed E-state index contributed by atoms with van der Waals surface area (Å²) in [6, 6.07) is 16.8. The molecule has 1 atom stereocenters. The van der Waals surface area contributed by atoms with E-state index < -0.39 is 17.7 Å². The molecule has 5 rings (SSSR count). The normalized spacial score (nSPS) is 17.3. The molecule has 8 heteroatoms. The van der Waals surface area contributed by atoms with Gasteiger partial charge in [0.25, 0.3) is 5.78 Å². The third kappa shape index (κ3) is 4.03. The molecule has 35 heavy (non-hydrogen) atoms. The first-order valence-corrected chi connectivity index (χ1v) is 11.4. The average Bonchev–Trinajstić information content (AvgIpc) is 3.40. The van der Waals surface area contributed by atoms with E-state index in [2.05, 4.69) is 15.0 Å². The Morgan fingerprint density at radius 2 is 1.97 bits per heavy atom. The van der Waals surface area contributed by atoms with Gasteiger partial charge in [-0.1, -0.05) is 31.2 Å². The van der Waals surface area contributed by atoms with Crippen LogP contribution in [0.25, 0.3) is 16.8 Å². The number of rotatable bonds is 6. The molecule has 2 aromatic carbocycles. The molecule has 1 unspecified atom stereocenters. The molecule has 1 aliphatic rings. The summed E-state index contributed by atoms with van der Waals surface area (Å²) in [4.78, 5) is 40.0. The molecule has 0 bridgehead atoms. The molecule has 1 saturated heterocycles. The van der Waals surface area contributed by atoms with Crippen LogP contribution in [0, 0.1) is 6.92 Å². The second kappa shape index (κ2) is 9.06. The van der Waals surface area contributed by atoms with E-state index in [1.165, 1.54) is 4.90 Å². The molecule has 3 heterocycles. The number of imidazole rings is 1. The fourth-order valence-corrected chi connectivity index (χ4v) is 4.20. The van der Waals surface area contributed by atoms with Gasteiger partial charge in [0.15, 0.2) is 0 Å². The highest BCUT2D eigenvalue weighted by Crippen LogP contribution is 2.41. The predicted octanol–water partition coefficient (Wildman–Crippen LogP) is 4.68. The standard InChI is InChI=1S/C27H24N4O4/c1-3-13-35-18-8-6-7-17(15-18)24(32)22-23(20-9-4-5-12-28-20)31(26(34)25(22)33)27-29-19-11-10-16(2)14-21(19)30-27/h4-12,14-15,23,32H,3,13H2,1-2H3,(H,29,30)/b24-22+. The first-order valence-electron chi connectivity index (χ1n) is 11.4. The first kappa shape index (κ1) is 22.3. The van der Waals surface area contributed by atoms with Crippen LogP contribution in [0.5, 0.6) is 5.75 Å². The topological polar surface area (TPSA) is 108 Å². The number of Topliss-reactive ketones (excluding diaryl/α,β-unsaturated/α-hetero) is 1. The van der Waals surface area contributed by atoms with Crippen LogP contribution in [0.3, 0.4) is 0 Å². The minimum atomic E-state index is -0.960. The molecular weight excluding hydrogens is 444 g/mol. The number of aromatic amines is 1. The molecule has 1 aliphatic heterocycles. The summed E-state index contributed by atoms with van der Waals surface area (Å²) in [6.07, 6.45) is 2.41. The molecule has 2 aromatic heterocycles. The first-order chi connectivity index (χ1) is 17.0. The van der Waals surface area contributed by atoms with Crippen LogP contribution in [0.15, 0.2) is 72.4 Å². The molecule has 0 aliphatic carbocycles. The van der Waals surface area contributed by atoms with Gasteiger partial charge in [-0.15, -0.1) is 0 Å². The Hall–Kier alpha value is -4.46. The predicted molar refractivity (Wildman–Crippen MR) is 132 cm³/mol. The number of carbonyl (C=O) groups excluding carboxylic acids is 2. The van der Waals surface area contributed by atoms with Crippen molar-refractivity contribution in [3.8, 4) is 5.75 Å². The number of aryl methyl sites for hydroxylation is 1. The number of anilines is 1. The van der Waals surface area contributed by atoms with Gasteiger partial charge in [0.2, 0.25) is 5.95 Å². The molecule has 1 fully saturated rings. The average molecular weight is 469 g/mol. The van der Waals surface area contributed by atoms with E-state index in [4.69, 9.17) is 4.74 Å². The van der Waals surface area contributed by atoms with Crippen molar-refractivity contribution in [3.05, 3.63) is 89.3 Å². The number of fused-ring (bicyclic) bond motifs is 1. The van der Waals surface area contributed by atoms with Gasteiger partial charge in [-0.05, 0) is 55.3 Å². The van der Waals surface area contributed by atoms with Gasteiger partial charge in [-0.3, -0.25) is 19.5 Å². The van der Waals surface area contributed by atoms with Crippen LogP contribution in [-0.4, -0.2) is 38.4 Å². The van der Waals surface area contributed by atoms with Gasteiger partial charge >= 0.3 is 5.91 Å². The van der Waals surface area contributed by atoms with E-state index in [9.17, 15) is 14.7 Å². The Bertz CT molecular complexity index is 1460. The minimum absolute atomic E-state index is 0.0574. The molecule has 0 spiro atoms. The maximum atomic E-state index is 13.3. The van der Waals surface area contributed by atoms with Crippen molar-refractivity contribution in [2.45, 2.75) is 26.3 Å². The number of aliphatic hydroxyl groups excluding tert-OH is 1. The largest absolute Gasteiger partial charge is 0.507 e. The van der Waals surface area contributed by atoms with Crippen LogP contribution in [0.2, 0.25) is 0 Å². The molecule has 176 valence electrons. The summed E-state index contributed by atoms with van der Waals surface area (Å²) >= 11 is 0. The molecule has 8 nitrogen and oxygen atoms in total. The van der Waals surface area contributed by atoms with E-state index in [0.717, 1.165) is 17.5 Å². The smallest absolute Gasteiger partial charge is 0.302 e. The van der Waals surface area contributed by atoms with Gasteiger partial charge in [-0.25, -0.2) is 4.98 Å². The van der Waals surface area contributed by atoms with E-state index >= 15 is 0 Å². The van der Waals surface area contributed by atoms with E-state index in [0.29, 0.717) is 29.1 Å². The van der Waals surface area contributed by atoms with E-state index in [1.54, 1.807) is 48.7 Å². The number of benzene rings is 2. The molecule has 4 aromatic rings. The van der Waals surface area contributed by atoms with Crippen molar-refractivity contribution < 1.29 is 19.4 Å². The highest BCUT2D eigenvalue weighted by atomic mass is 16.5. The second-order valence-electron chi connectivity index (χ2n) is 8.38. The summed E-state index contributed by atoms with van der Waals surface area (Å²) in [5, 5.41) is 11.3. The lowest BCUT2D eigenvalue weighted by atomic mass is 9.98. The van der Waals surface area contributed by atoms with Gasteiger partial charge in [0, 0.05) is 11.8 Å². The zero-order valence-electron chi connectivity index (χ0n) is 19.4. The number of amides is 1. The van der Waals surface area contributed by atoms with Crippen molar-refractivity contribution >= 4 is 34.4 Å². The van der Waals surface area contributed by atoms with Gasteiger partial charge in [0.1, 0.15) is 17.6 Å². The van der Waals surface area contributed by atoms with Crippen molar-refractivity contribution in [3.63, 3.8) is 0 Å². The SMILES string of the molecule is CCCOc1cccc(/C(O)=C2\C(=O)C(=O)N(c3nc4ccc(C)cc4[nH]3)C2c2ccccn2)c1. The summed E-state index contributed by atoms with van der Waals surface area (Å²) < 4.78 is 5.68. The maximum absolute atomic E-state index is 13.3. The number of ether oxygens (including phenoxy) is 1. The highest BCUT2D eigenvalue weighted by Gasteiger charge is 2.48. The van der Waals surface area contributed by atoms with Crippen LogP contribution >= 0.6 is 0 Å². The lowest BCUT2D eigenvalue weighted by Gasteiger charge is -2.22. The second-order valence-corrected chi connectivity index (χ2v) is 8.38. The van der Waals surface area contributed by atoms with Crippen LogP contribution in [0.4, 0.5) is 5.95 Å². The zero-order chi connectivity index (χ0) is 24.5. The van der Waals surface area contributed by atoms with Gasteiger partial charge in [-0.2, -0.15) is 0 Å². The van der Waals surface area contributed by atoms with Crippen molar-refractivity contribution in [1.29, 1.82) is 0 Å². The quantitative estimate of drug-likeness (QED) is 0.242.